The Morgan fingerprint density at radius 3 is 2.65 bits per heavy atom. The zero-order valence-corrected chi connectivity index (χ0v) is 14.1. The summed E-state index contributed by atoms with van der Waals surface area (Å²) in [7, 11) is 1.44. The van der Waals surface area contributed by atoms with Crippen molar-refractivity contribution in [1.29, 1.82) is 0 Å². The predicted octanol–water partition coefficient (Wildman–Crippen LogP) is 3.97. The minimum absolute atomic E-state index is 0.108. The molecule has 0 atom stereocenters. The fraction of sp³-hybridized carbons (Fsp3) is 0.294. The number of thiophene rings is 1. The van der Waals surface area contributed by atoms with Crippen LogP contribution >= 0.6 is 11.3 Å². The smallest absolute Gasteiger partial charge is 0.335 e. The summed E-state index contributed by atoms with van der Waals surface area (Å²) >= 11 is 1.46. The van der Waals surface area contributed by atoms with Crippen LogP contribution in [-0.2, 0) is 6.42 Å². The number of methoxy groups -OCH3 is 1. The lowest BCUT2D eigenvalue weighted by molar-refractivity contribution is 0.0696. The topological polar surface area (TPSA) is 75.6 Å². The highest BCUT2D eigenvalue weighted by Crippen LogP contribution is 2.28. The molecule has 0 spiro atoms. The maximum atomic E-state index is 12.4. The van der Waals surface area contributed by atoms with Crippen LogP contribution in [-0.4, -0.2) is 24.1 Å². The van der Waals surface area contributed by atoms with Crippen LogP contribution in [0.4, 0.5) is 5.69 Å². The van der Waals surface area contributed by atoms with Crippen LogP contribution in [0.1, 0.15) is 43.8 Å². The number of benzene rings is 1. The lowest BCUT2D eigenvalue weighted by Gasteiger charge is -2.10. The molecular weight excluding hydrogens is 314 g/mol. The Bertz CT molecular complexity index is 736. The Labute approximate surface area is 138 Å². The van der Waals surface area contributed by atoms with E-state index >= 15 is 0 Å². The Kier molecular flexibility index (Phi) is 5.39. The van der Waals surface area contributed by atoms with Gasteiger partial charge in [0.05, 0.1) is 23.2 Å². The number of hydrogen-bond acceptors (Lipinski definition) is 4. The number of carbonyl (C=O) groups excluding carboxylic acids is 1. The molecule has 0 aliphatic rings. The second kappa shape index (κ2) is 7.28. The summed E-state index contributed by atoms with van der Waals surface area (Å²) < 4.78 is 5.17. The number of aromatic carboxylic acids is 1. The first-order valence-corrected chi connectivity index (χ1v) is 8.10. The minimum atomic E-state index is -1.04. The number of aryl methyl sites for hydroxylation is 2. The molecule has 0 aliphatic heterocycles. The molecule has 1 aromatic heterocycles. The maximum Gasteiger partial charge on any atom is 0.335 e. The first kappa shape index (κ1) is 17.0. The molecule has 0 unspecified atom stereocenters. The molecule has 0 bridgehead atoms. The Morgan fingerprint density at radius 2 is 2.04 bits per heavy atom. The van der Waals surface area contributed by atoms with E-state index in [1.165, 1.54) is 42.2 Å². The molecule has 2 N–H and O–H groups in total. The fourth-order valence-corrected chi connectivity index (χ4v) is 3.23. The van der Waals surface area contributed by atoms with E-state index in [2.05, 4.69) is 12.2 Å². The molecule has 5 nitrogen and oxygen atoms in total. The number of ether oxygens (including phenoxy) is 1. The van der Waals surface area contributed by atoms with Gasteiger partial charge in [-0.15, -0.1) is 11.3 Å². The summed E-state index contributed by atoms with van der Waals surface area (Å²) in [6.45, 7) is 4.11. The van der Waals surface area contributed by atoms with Gasteiger partial charge in [-0.2, -0.15) is 0 Å². The quantitative estimate of drug-likeness (QED) is 0.839. The van der Waals surface area contributed by atoms with Crippen LogP contribution < -0.4 is 10.1 Å². The molecule has 0 saturated heterocycles. The molecule has 122 valence electrons. The summed E-state index contributed by atoms with van der Waals surface area (Å²) in [5, 5.41) is 11.8. The number of amides is 1. The van der Waals surface area contributed by atoms with Crippen molar-refractivity contribution in [3.8, 4) is 5.75 Å². The average molecular weight is 333 g/mol. The Balaban J connectivity index is 2.23. The van der Waals surface area contributed by atoms with Gasteiger partial charge in [0, 0.05) is 4.88 Å². The molecule has 2 aromatic rings. The van der Waals surface area contributed by atoms with E-state index in [4.69, 9.17) is 9.84 Å². The van der Waals surface area contributed by atoms with Gasteiger partial charge in [0.1, 0.15) is 5.75 Å². The summed E-state index contributed by atoms with van der Waals surface area (Å²) in [6.07, 6.45) is 1.98. The van der Waals surface area contributed by atoms with E-state index in [9.17, 15) is 9.59 Å². The number of nitrogens with one attached hydrogen (secondary N) is 1. The van der Waals surface area contributed by atoms with Crippen LogP contribution in [0.3, 0.4) is 0 Å². The summed E-state index contributed by atoms with van der Waals surface area (Å²) in [4.78, 5) is 25.2. The normalized spacial score (nSPS) is 10.4. The van der Waals surface area contributed by atoms with E-state index in [-0.39, 0.29) is 11.5 Å². The average Bonchev–Trinajstić information content (AvgIpc) is 2.89. The van der Waals surface area contributed by atoms with Gasteiger partial charge in [-0.3, -0.25) is 4.79 Å². The van der Waals surface area contributed by atoms with Crippen molar-refractivity contribution in [2.45, 2.75) is 26.7 Å². The van der Waals surface area contributed by atoms with Gasteiger partial charge < -0.3 is 15.2 Å². The SMILES string of the molecule is CCCc1cc(C(=O)Nc2ccc(C(=O)O)cc2OC)sc1C. The minimum Gasteiger partial charge on any atom is -0.495 e. The summed E-state index contributed by atoms with van der Waals surface area (Å²) in [5.41, 5.74) is 1.75. The monoisotopic (exact) mass is 333 g/mol. The molecular formula is C17H19NO4S. The van der Waals surface area contributed by atoms with E-state index in [0.29, 0.717) is 16.3 Å². The molecule has 0 fully saturated rings. The number of carboxylic acids is 1. The third-order valence-corrected chi connectivity index (χ3v) is 4.55. The van der Waals surface area contributed by atoms with Gasteiger partial charge >= 0.3 is 5.97 Å². The molecule has 2 rings (SSSR count). The fourth-order valence-electron chi connectivity index (χ4n) is 2.26. The molecule has 1 heterocycles. The van der Waals surface area contributed by atoms with Gasteiger partial charge in [-0.1, -0.05) is 13.3 Å². The number of carbonyl (C=O) groups is 2. The number of rotatable bonds is 6. The maximum absolute atomic E-state index is 12.4. The van der Waals surface area contributed by atoms with Gasteiger partial charge in [-0.25, -0.2) is 4.79 Å². The van der Waals surface area contributed by atoms with Crippen LogP contribution in [0.5, 0.6) is 5.75 Å². The van der Waals surface area contributed by atoms with E-state index < -0.39 is 5.97 Å². The van der Waals surface area contributed by atoms with Crippen molar-refractivity contribution < 1.29 is 19.4 Å². The summed E-state index contributed by atoms with van der Waals surface area (Å²) in [5.74, 6) is -0.943. The van der Waals surface area contributed by atoms with Crippen molar-refractivity contribution in [2.75, 3.05) is 12.4 Å². The highest BCUT2D eigenvalue weighted by atomic mass is 32.1. The van der Waals surface area contributed by atoms with Gasteiger partial charge in [0.15, 0.2) is 0 Å². The second-order valence-corrected chi connectivity index (χ2v) is 6.37. The van der Waals surface area contributed by atoms with Gasteiger partial charge in [-0.05, 0) is 43.2 Å². The van der Waals surface area contributed by atoms with Crippen LogP contribution in [0, 0.1) is 6.92 Å². The molecule has 6 heteroatoms. The van der Waals surface area contributed by atoms with Crippen molar-refractivity contribution in [3.63, 3.8) is 0 Å². The van der Waals surface area contributed by atoms with Crippen molar-refractivity contribution in [2.24, 2.45) is 0 Å². The molecule has 1 amide bonds. The Hall–Kier alpha value is -2.34. The zero-order chi connectivity index (χ0) is 17.0. The highest BCUT2D eigenvalue weighted by molar-refractivity contribution is 7.14. The number of carboxylic acid groups (broad SMARTS) is 1. The Morgan fingerprint density at radius 1 is 1.30 bits per heavy atom. The molecule has 23 heavy (non-hydrogen) atoms. The third kappa shape index (κ3) is 3.90. The van der Waals surface area contributed by atoms with Crippen molar-refractivity contribution >= 4 is 28.9 Å². The molecule has 0 saturated carbocycles. The first-order chi connectivity index (χ1) is 11.0. The standard InChI is InChI=1S/C17H19NO4S/c1-4-5-11-9-15(23-10(11)2)16(19)18-13-7-6-12(17(20)21)8-14(13)22-3/h6-9H,4-5H2,1-3H3,(H,18,19)(H,20,21). The van der Waals surface area contributed by atoms with Crippen LogP contribution in [0.25, 0.3) is 0 Å². The van der Waals surface area contributed by atoms with E-state index in [1.807, 2.05) is 13.0 Å². The van der Waals surface area contributed by atoms with Crippen molar-refractivity contribution in [3.05, 3.63) is 45.1 Å². The highest BCUT2D eigenvalue weighted by Gasteiger charge is 2.15. The first-order valence-electron chi connectivity index (χ1n) is 7.28. The van der Waals surface area contributed by atoms with Gasteiger partial charge in [0.2, 0.25) is 0 Å². The molecule has 0 aliphatic carbocycles. The second-order valence-electron chi connectivity index (χ2n) is 5.12. The number of hydrogen-bond donors (Lipinski definition) is 2. The zero-order valence-electron chi connectivity index (χ0n) is 13.3. The van der Waals surface area contributed by atoms with E-state index in [1.54, 1.807) is 0 Å². The third-order valence-electron chi connectivity index (χ3n) is 3.46. The predicted molar refractivity (Wildman–Crippen MR) is 91.0 cm³/mol. The van der Waals surface area contributed by atoms with Gasteiger partial charge in [0.25, 0.3) is 5.91 Å². The van der Waals surface area contributed by atoms with Crippen LogP contribution in [0.15, 0.2) is 24.3 Å². The van der Waals surface area contributed by atoms with Crippen molar-refractivity contribution in [1.82, 2.24) is 0 Å². The molecule has 0 radical (unpaired) electrons. The van der Waals surface area contributed by atoms with E-state index in [0.717, 1.165) is 17.7 Å². The summed E-state index contributed by atoms with van der Waals surface area (Å²) in [6, 6.07) is 6.27. The molecule has 1 aromatic carbocycles. The largest absolute Gasteiger partial charge is 0.495 e. The number of anilines is 1. The lowest BCUT2D eigenvalue weighted by atomic mass is 10.1. The van der Waals surface area contributed by atoms with Crippen LogP contribution in [0.2, 0.25) is 0 Å². The lowest BCUT2D eigenvalue weighted by Crippen LogP contribution is -2.11.